The number of amides is 2. The third kappa shape index (κ3) is 3.88. The van der Waals surface area contributed by atoms with Crippen LogP contribution in [0, 0.1) is 5.82 Å². The van der Waals surface area contributed by atoms with E-state index in [9.17, 15) is 14.0 Å². The fraction of sp³-hybridized carbons (Fsp3) is 0.333. The zero-order chi connectivity index (χ0) is 18.0. The zero-order valence-corrected chi connectivity index (χ0v) is 15.6. The summed E-state index contributed by atoms with van der Waals surface area (Å²) < 4.78 is 13.3. The number of nitrogens with zero attached hydrogens (tertiary/aromatic N) is 2. The van der Waals surface area contributed by atoms with E-state index in [1.54, 1.807) is 36.2 Å². The van der Waals surface area contributed by atoms with Crippen LogP contribution in [0.5, 0.6) is 0 Å². The highest BCUT2D eigenvalue weighted by molar-refractivity contribution is 8.01. The van der Waals surface area contributed by atoms with E-state index in [-0.39, 0.29) is 22.4 Å². The lowest BCUT2D eigenvalue weighted by Gasteiger charge is -2.26. The Labute approximate surface area is 154 Å². The van der Waals surface area contributed by atoms with Gasteiger partial charge in [-0.05, 0) is 36.6 Å². The summed E-state index contributed by atoms with van der Waals surface area (Å²) in [5, 5.41) is 1.91. The van der Waals surface area contributed by atoms with E-state index < -0.39 is 5.82 Å². The van der Waals surface area contributed by atoms with Gasteiger partial charge in [-0.25, -0.2) is 4.39 Å². The average molecular weight is 378 g/mol. The molecule has 0 aliphatic carbocycles. The second-order valence-corrected chi connectivity index (χ2v) is 8.32. The number of halogens is 1. The van der Waals surface area contributed by atoms with E-state index in [2.05, 4.69) is 0 Å². The molecule has 1 saturated heterocycles. The molecule has 0 N–H and O–H groups in total. The molecular weight excluding hydrogens is 359 g/mol. The lowest BCUT2D eigenvalue weighted by Crippen LogP contribution is -2.38. The fourth-order valence-electron chi connectivity index (χ4n) is 2.76. The summed E-state index contributed by atoms with van der Waals surface area (Å²) in [4.78, 5) is 29.4. The molecule has 1 aliphatic heterocycles. The van der Waals surface area contributed by atoms with Gasteiger partial charge in [-0.2, -0.15) is 0 Å². The van der Waals surface area contributed by atoms with Crippen LogP contribution in [0.3, 0.4) is 0 Å². The van der Waals surface area contributed by atoms with Crippen molar-refractivity contribution in [1.82, 2.24) is 9.80 Å². The number of hydrogen-bond donors (Lipinski definition) is 0. The van der Waals surface area contributed by atoms with E-state index in [1.807, 2.05) is 29.3 Å². The summed E-state index contributed by atoms with van der Waals surface area (Å²) in [7, 11) is 1.67. The molecule has 0 bridgehead atoms. The molecule has 0 spiro atoms. The van der Waals surface area contributed by atoms with Crippen molar-refractivity contribution in [1.29, 1.82) is 0 Å². The van der Waals surface area contributed by atoms with E-state index in [4.69, 9.17) is 0 Å². The first-order valence-corrected chi connectivity index (χ1v) is 9.80. The van der Waals surface area contributed by atoms with Crippen molar-refractivity contribution in [3.63, 3.8) is 0 Å². The molecule has 2 heterocycles. The van der Waals surface area contributed by atoms with Crippen molar-refractivity contribution in [2.45, 2.75) is 17.5 Å². The van der Waals surface area contributed by atoms with E-state index >= 15 is 0 Å². The maximum atomic E-state index is 13.3. The SMILES string of the molecule is C[C@H]1S[C@@H](c2cccs2)N(CCN(C)C(=O)c2cccc(F)c2)C1=O. The summed E-state index contributed by atoms with van der Waals surface area (Å²) in [5.74, 6) is -0.591. The van der Waals surface area contributed by atoms with Crippen molar-refractivity contribution in [2.75, 3.05) is 20.1 Å². The zero-order valence-electron chi connectivity index (χ0n) is 14.0. The summed E-state index contributed by atoms with van der Waals surface area (Å²) in [6, 6.07) is 9.66. The molecule has 2 aromatic rings. The predicted molar refractivity (Wildman–Crippen MR) is 99.2 cm³/mol. The molecule has 1 aromatic carbocycles. The van der Waals surface area contributed by atoms with Gasteiger partial charge in [0.15, 0.2) is 0 Å². The monoisotopic (exact) mass is 378 g/mol. The lowest BCUT2D eigenvalue weighted by atomic mass is 10.2. The number of hydrogen-bond acceptors (Lipinski definition) is 4. The lowest BCUT2D eigenvalue weighted by molar-refractivity contribution is -0.129. The number of carbonyl (C=O) groups is 2. The predicted octanol–water partition coefficient (Wildman–Crippen LogP) is 3.62. The molecule has 4 nitrogen and oxygen atoms in total. The first-order valence-electron chi connectivity index (χ1n) is 7.97. The largest absolute Gasteiger partial charge is 0.340 e. The number of carbonyl (C=O) groups excluding carboxylic acids is 2. The Bertz CT molecular complexity index is 766. The van der Waals surface area contributed by atoms with Crippen LogP contribution in [0.2, 0.25) is 0 Å². The number of thioether (sulfide) groups is 1. The van der Waals surface area contributed by atoms with Crippen LogP contribution in [-0.4, -0.2) is 47.0 Å². The molecule has 0 saturated carbocycles. The third-order valence-electron chi connectivity index (χ3n) is 4.13. The van der Waals surface area contributed by atoms with Gasteiger partial charge in [0.2, 0.25) is 5.91 Å². The van der Waals surface area contributed by atoms with Crippen molar-refractivity contribution < 1.29 is 14.0 Å². The highest BCUT2D eigenvalue weighted by Crippen LogP contribution is 2.44. The first-order chi connectivity index (χ1) is 12.0. The third-order valence-corrected chi connectivity index (χ3v) is 6.58. The van der Waals surface area contributed by atoms with Gasteiger partial charge in [0.05, 0.1) is 5.25 Å². The minimum atomic E-state index is -0.433. The van der Waals surface area contributed by atoms with Crippen LogP contribution < -0.4 is 0 Å². The maximum Gasteiger partial charge on any atom is 0.253 e. The molecule has 1 fully saturated rings. The molecule has 2 atom stereocenters. The molecule has 7 heteroatoms. The number of benzene rings is 1. The maximum absolute atomic E-state index is 13.3. The van der Waals surface area contributed by atoms with Crippen LogP contribution in [-0.2, 0) is 4.79 Å². The Hall–Kier alpha value is -1.86. The summed E-state index contributed by atoms with van der Waals surface area (Å²) >= 11 is 3.26. The topological polar surface area (TPSA) is 40.6 Å². The van der Waals surface area contributed by atoms with Crippen LogP contribution >= 0.6 is 23.1 Å². The minimum absolute atomic E-state index is 0.000159. The van der Waals surface area contributed by atoms with Crippen LogP contribution in [0.4, 0.5) is 4.39 Å². The Morgan fingerprint density at radius 2 is 2.12 bits per heavy atom. The van der Waals surface area contributed by atoms with Gasteiger partial charge in [0.1, 0.15) is 11.2 Å². The Morgan fingerprint density at radius 3 is 2.80 bits per heavy atom. The van der Waals surface area contributed by atoms with Gasteiger partial charge in [-0.15, -0.1) is 23.1 Å². The van der Waals surface area contributed by atoms with E-state index in [0.29, 0.717) is 18.7 Å². The Balaban J connectivity index is 1.66. The van der Waals surface area contributed by atoms with Gasteiger partial charge in [-0.1, -0.05) is 12.1 Å². The minimum Gasteiger partial charge on any atom is -0.340 e. The van der Waals surface area contributed by atoms with Gasteiger partial charge < -0.3 is 9.80 Å². The molecule has 25 heavy (non-hydrogen) atoms. The number of rotatable bonds is 5. The molecule has 1 aromatic heterocycles. The number of likely N-dealkylation sites (N-methyl/N-ethyl adjacent to an activating group) is 1. The van der Waals surface area contributed by atoms with Crippen molar-refractivity contribution in [2.24, 2.45) is 0 Å². The van der Waals surface area contributed by atoms with Gasteiger partial charge in [0.25, 0.3) is 5.91 Å². The second kappa shape index (κ2) is 7.58. The molecule has 2 amide bonds. The van der Waals surface area contributed by atoms with E-state index in [0.717, 1.165) is 4.88 Å². The summed E-state index contributed by atoms with van der Waals surface area (Å²) in [5.41, 5.74) is 0.313. The molecule has 0 radical (unpaired) electrons. The molecule has 3 rings (SSSR count). The quantitative estimate of drug-likeness (QED) is 0.798. The molecular formula is C18H19FN2O2S2. The van der Waals surface area contributed by atoms with Gasteiger partial charge in [-0.3, -0.25) is 9.59 Å². The first kappa shape index (κ1) is 17.9. The molecule has 132 valence electrons. The smallest absolute Gasteiger partial charge is 0.253 e. The highest BCUT2D eigenvalue weighted by atomic mass is 32.2. The van der Waals surface area contributed by atoms with Crippen LogP contribution in [0.25, 0.3) is 0 Å². The van der Waals surface area contributed by atoms with Crippen molar-refractivity contribution in [3.8, 4) is 0 Å². The average Bonchev–Trinajstić information content (AvgIpc) is 3.22. The Kier molecular flexibility index (Phi) is 5.44. The number of thiophene rings is 1. The summed E-state index contributed by atoms with van der Waals surface area (Å²) in [6.07, 6.45) is 0. The fourth-order valence-corrected chi connectivity index (χ4v) is 5.01. The second-order valence-electron chi connectivity index (χ2n) is 5.91. The molecule has 1 aliphatic rings. The standard InChI is InChI=1S/C18H19FN2O2S2/c1-12-16(22)21(18(25-12)15-7-4-10-24-15)9-8-20(2)17(23)13-5-3-6-14(19)11-13/h3-7,10-12,18H,8-9H2,1-2H3/t12-,18+/m1/s1. The highest BCUT2D eigenvalue weighted by Gasteiger charge is 2.38. The normalized spacial score (nSPS) is 20.1. The van der Waals surface area contributed by atoms with Gasteiger partial charge in [0, 0.05) is 30.6 Å². The van der Waals surface area contributed by atoms with Crippen molar-refractivity contribution in [3.05, 3.63) is 58.0 Å². The Morgan fingerprint density at radius 1 is 1.32 bits per heavy atom. The van der Waals surface area contributed by atoms with E-state index in [1.165, 1.54) is 23.1 Å². The summed E-state index contributed by atoms with van der Waals surface area (Å²) in [6.45, 7) is 2.77. The van der Waals surface area contributed by atoms with Crippen LogP contribution in [0.1, 0.15) is 27.5 Å². The van der Waals surface area contributed by atoms with Crippen LogP contribution in [0.15, 0.2) is 41.8 Å². The van der Waals surface area contributed by atoms with Gasteiger partial charge >= 0.3 is 0 Å². The van der Waals surface area contributed by atoms with Crippen molar-refractivity contribution >= 4 is 34.9 Å². The molecule has 0 unspecified atom stereocenters.